The molecule has 0 saturated heterocycles. The third-order valence-corrected chi connectivity index (χ3v) is 4.84. The molecule has 25 heavy (non-hydrogen) atoms. The number of furan rings is 1. The van der Waals surface area contributed by atoms with Gasteiger partial charge in [-0.05, 0) is 49.4 Å². The fourth-order valence-electron chi connectivity index (χ4n) is 3.59. The average Bonchev–Trinajstić information content (AvgIpc) is 3.20. The van der Waals surface area contributed by atoms with Crippen LogP contribution in [0.4, 0.5) is 0 Å². The molecule has 0 bridgehead atoms. The number of aromatic amines is 2. The number of aryl methyl sites for hydroxylation is 2. The first-order valence-corrected chi connectivity index (χ1v) is 8.75. The highest BCUT2D eigenvalue weighted by molar-refractivity contribution is 5.77. The van der Waals surface area contributed by atoms with Crippen molar-refractivity contribution < 1.29 is 9.21 Å². The molecule has 0 aliphatic heterocycles. The highest BCUT2D eigenvalue weighted by Crippen LogP contribution is 2.30. The van der Waals surface area contributed by atoms with Crippen LogP contribution in [0.5, 0.6) is 0 Å². The Balaban J connectivity index is 1.31. The quantitative estimate of drug-likeness (QED) is 0.667. The second kappa shape index (κ2) is 6.63. The van der Waals surface area contributed by atoms with Gasteiger partial charge in [0.05, 0.1) is 23.3 Å². The number of H-pyrrole nitrogens is 2. The molecule has 0 fully saturated rings. The molecule has 1 aliphatic carbocycles. The van der Waals surface area contributed by atoms with E-state index in [0.29, 0.717) is 6.42 Å². The van der Waals surface area contributed by atoms with Gasteiger partial charge in [0.1, 0.15) is 5.76 Å². The van der Waals surface area contributed by atoms with Crippen LogP contribution in [0, 0.1) is 0 Å². The molecular weight excluding hydrogens is 318 g/mol. The molecule has 1 amide bonds. The minimum Gasteiger partial charge on any atom is -0.469 e. The van der Waals surface area contributed by atoms with Crippen molar-refractivity contribution in [3.63, 3.8) is 0 Å². The van der Waals surface area contributed by atoms with E-state index >= 15 is 0 Å². The molecule has 130 valence electrons. The van der Waals surface area contributed by atoms with Gasteiger partial charge in [0.2, 0.25) is 5.91 Å². The maximum Gasteiger partial charge on any atom is 0.323 e. The Labute approximate surface area is 144 Å². The summed E-state index contributed by atoms with van der Waals surface area (Å²) in [7, 11) is 0. The van der Waals surface area contributed by atoms with E-state index < -0.39 is 0 Å². The highest BCUT2D eigenvalue weighted by Gasteiger charge is 2.23. The summed E-state index contributed by atoms with van der Waals surface area (Å²) in [5.74, 6) is 1.08. The fraction of sp³-hybridized carbons (Fsp3) is 0.368. The number of rotatable bonds is 5. The normalized spacial score (nSPS) is 16.7. The van der Waals surface area contributed by atoms with E-state index in [-0.39, 0.29) is 17.6 Å². The number of carbonyl (C=O) groups is 1. The lowest BCUT2D eigenvalue weighted by molar-refractivity contribution is -0.122. The Hall–Kier alpha value is -2.76. The number of carbonyl (C=O) groups excluding carboxylic acids is 1. The summed E-state index contributed by atoms with van der Waals surface area (Å²) in [5.41, 5.74) is 3.66. The zero-order valence-electron chi connectivity index (χ0n) is 13.9. The first kappa shape index (κ1) is 15.7. The Kier molecular flexibility index (Phi) is 4.17. The molecule has 1 aliphatic rings. The van der Waals surface area contributed by atoms with E-state index in [1.807, 2.05) is 24.3 Å². The highest BCUT2D eigenvalue weighted by atomic mass is 16.3. The maximum absolute atomic E-state index is 12.3. The van der Waals surface area contributed by atoms with Crippen molar-refractivity contribution in [1.82, 2.24) is 15.3 Å². The van der Waals surface area contributed by atoms with E-state index in [1.165, 1.54) is 0 Å². The first-order valence-electron chi connectivity index (χ1n) is 8.75. The topological polar surface area (TPSA) is 90.9 Å². The monoisotopic (exact) mass is 339 g/mol. The summed E-state index contributed by atoms with van der Waals surface area (Å²) in [6.45, 7) is 0. The summed E-state index contributed by atoms with van der Waals surface area (Å²) in [6, 6.07) is 7.89. The molecular formula is C19H21N3O3. The first-order chi connectivity index (χ1) is 12.2. The molecule has 4 rings (SSSR count). The van der Waals surface area contributed by atoms with Crippen molar-refractivity contribution in [3.8, 4) is 0 Å². The zero-order valence-corrected chi connectivity index (χ0v) is 13.9. The van der Waals surface area contributed by atoms with E-state index in [9.17, 15) is 9.59 Å². The largest absolute Gasteiger partial charge is 0.469 e. The van der Waals surface area contributed by atoms with Crippen molar-refractivity contribution in [2.45, 2.75) is 44.6 Å². The van der Waals surface area contributed by atoms with Gasteiger partial charge < -0.3 is 19.7 Å². The predicted octanol–water partition coefficient (Wildman–Crippen LogP) is 2.97. The van der Waals surface area contributed by atoms with Gasteiger partial charge in [0.25, 0.3) is 0 Å². The molecule has 0 saturated carbocycles. The lowest BCUT2D eigenvalue weighted by atomic mass is 9.93. The van der Waals surface area contributed by atoms with Gasteiger partial charge in [-0.3, -0.25) is 4.79 Å². The summed E-state index contributed by atoms with van der Waals surface area (Å²) in [5, 5.41) is 3.13. The van der Waals surface area contributed by atoms with Gasteiger partial charge >= 0.3 is 5.69 Å². The van der Waals surface area contributed by atoms with Gasteiger partial charge in [0.15, 0.2) is 0 Å². The van der Waals surface area contributed by atoms with E-state index in [2.05, 4.69) is 15.3 Å². The molecule has 3 aromatic rings. The molecule has 1 atom stereocenters. The van der Waals surface area contributed by atoms with Gasteiger partial charge in [-0.15, -0.1) is 0 Å². The molecule has 2 aromatic heterocycles. The number of nitrogens with one attached hydrogen (secondary N) is 3. The number of hydrogen-bond acceptors (Lipinski definition) is 3. The average molecular weight is 339 g/mol. The van der Waals surface area contributed by atoms with Gasteiger partial charge in [-0.25, -0.2) is 4.79 Å². The number of amides is 1. The molecule has 3 N–H and O–H groups in total. The second-order valence-electron chi connectivity index (χ2n) is 6.62. The molecule has 6 nitrogen and oxygen atoms in total. The number of benzene rings is 1. The lowest BCUT2D eigenvalue weighted by Gasteiger charge is -2.22. The third-order valence-electron chi connectivity index (χ3n) is 4.84. The van der Waals surface area contributed by atoms with Crippen LogP contribution < -0.4 is 11.0 Å². The van der Waals surface area contributed by atoms with Crippen LogP contribution >= 0.6 is 0 Å². The molecule has 2 heterocycles. The van der Waals surface area contributed by atoms with E-state index in [1.54, 1.807) is 6.26 Å². The number of fused-ring (bicyclic) bond motifs is 2. The van der Waals surface area contributed by atoms with Crippen LogP contribution in [0.15, 0.2) is 39.7 Å². The van der Waals surface area contributed by atoms with Crippen LogP contribution in [0.1, 0.15) is 48.6 Å². The Morgan fingerprint density at radius 2 is 2.12 bits per heavy atom. The number of aromatic nitrogens is 2. The fourth-order valence-corrected chi connectivity index (χ4v) is 3.59. The van der Waals surface area contributed by atoms with Crippen LogP contribution in [0.3, 0.4) is 0 Å². The van der Waals surface area contributed by atoms with Gasteiger partial charge in [0, 0.05) is 18.4 Å². The van der Waals surface area contributed by atoms with Crippen LogP contribution in [0.2, 0.25) is 0 Å². The summed E-state index contributed by atoms with van der Waals surface area (Å²) in [4.78, 5) is 29.0. The molecule has 1 aromatic carbocycles. The van der Waals surface area contributed by atoms with Crippen molar-refractivity contribution in [3.05, 3.63) is 57.9 Å². The van der Waals surface area contributed by atoms with Crippen molar-refractivity contribution in [2.75, 3.05) is 0 Å². The van der Waals surface area contributed by atoms with Crippen molar-refractivity contribution in [1.29, 1.82) is 0 Å². The summed E-state index contributed by atoms with van der Waals surface area (Å²) in [6.07, 6.45) is 6.74. The second-order valence-corrected chi connectivity index (χ2v) is 6.62. The Morgan fingerprint density at radius 1 is 1.24 bits per heavy atom. The standard InChI is InChI=1S/C19H21N3O3/c23-18(20-14-4-2-5-17-13(14)9-10-25-17)6-1-3-12-7-8-15-16(11-12)22-19(24)21-15/h7-11,14H,1-6H2,(H,20,23)(H2,21,22,24)/t14-/m1/s1. The van der Waals surface area contributed by atoms with Crippen LogP contribution in [-0.2, 0) is 17.6 Å². The van der Waals surface area contributed by atoms with Crippen molar-refractivity contribution in [2.24, 2.45) is 0 Å². The number of hydrogen-bond donors (Lipinski definition) is 3. The van der Waals surface area contributed by atoms with Gasteiger partial charge in [-0.2, -0.15) is 0 Å². The molecule has 6 heteroatoms. The SMILES string of the molecule is O=C(CCCc1ccc2[nH]c(=O)[nH]c2c1)N[C@@H]1CCCc2occc21. The Bertz CT molecular complexity index is 950. The predicted molar refractivity (Wildman–Crippen MR) is 94.4 cm³/mol. The zero-order chi connectivity index (χ0) is 17.2. The minimum absolute atomic E-state index is 0.0789. The third kappa shape index (κ3) is 3.38. The van der Waals surface area contributed by atoms with E-state index in [4.69, 9.17) is 4.42 Å². The smallest absolute Gasteiger partial charge is 0.323 e. The number of imidazole rings is 1. The van der Waals surface area contributed by atoms with Crippen LogP contribution in [0.25, 0.3) is 11.0 Å². The Morgan fingerprint density at radius 3 is 3.04 bits per heavy atom. The lowest BCUT2D eigenvalue weighted by Crippen LogP contribution is -2.30. The summed E-state index contributed by atoms with van der Waals surface area (Å²) >= 11 is 0. The minimum atomic E-state index is -0.197. The van der Waals surface area contributed by atoms with E-state index in [0.717, 1.165) is 60.0 Å². The summed E-state index contributed by atoms with van der Waals surface area (Å²) < 4.78 is 5.46. The maximum atomic E-state index is 12.3. The van der Waals surface area contributed by atoms with Crippen molar-refractivity contribution >= 4 is 16.9 Å². The molecule has 0 unspecified atom stereocenters. The van der Waals surface area contributed by atoms with Crippen LogP contribution in [-0.4, -0.2) is 15.9 Å². The molecule has 0 spiro atoms. The van der Waals surface area contributed by atoms with Gasteiger partial charge in [-0.1, -0.05) is 6.07 Å². The molecule has 0 radical (unpaired) electrons.